The van der Waals surface area contributed by atoms with E-state index in [0.29, 0.717) is 34.1 Å². The van der Waals surface area contributed by atoms with Crippen molar-refractivity contribution in [2.45, 2.75) is 139 Å². The molecule has 2 fully saturated rings. The van der Waals surface area contributed by atoms with Crippen LogP contribution in [-0.2, 0) is 46.1 Å². The zero-order chi connectivity index (χ0) is 67.0. The van der Waals surface area contributed by atoms with Crippen LogP contribution in [0.4, 0.5) is 46.3 Å². The van der Waals surface area contributed by atoms with E-state index in [-0.39, 0.29) is 52.6 Å². The number of hydrogen-bond donors (Lipinski definition) is 3. The van der Waals surface area contributed by atoms with Crippen molar-refractivity contribution in [3.63, 3.8) is 0 Å². The molecule has 3 N–H and O–H groups in total. The lowest BCUT2D eigenvalue weighted by molar-refractivity contribution is -0.119. The third-order valence-electron chi connectivity index (χ3n) is 14.8. The van der Waals surface area contributed by atoms with Gasteiger partial charge >= 0.3 is 14.2 Å². The van der Waals surface area contributed by atoms with Crippen LogP contribution in [-0.4, -0.2) is 118 Å². The van der Waals surface area contributed by atoms with Gasteiger partial charge < -0.3 is 49.1 Å². The van der Waals surface area contributed by atoms with Crippen molar-refractivity contribution in [1.82, 2.24) is 19.9 Å². The molecule has 4 aliphatic heterocycles. The zero-order valence-corrected chi connectivity index (χ0v) is 57.7. The molecule has 0 atom stereocenters. The summed E-state index contributed by atoms with van der Waals surface area (Å²) in [5.74, 6) is -0.874. The standard InChI is InChI=1S/C17H19FN4O.C16H23BFNO3.C14H19BFNO3.C8H7BrFNO.C8H9IN4/c1-10(2)23-14-6-5-11(7-12(14)18)16-15-13(8-19-16)20-9-21-17(15)22(3)4;1-10(2)14(20)19-13-8-7-11(9-12(13)18)17-21-15(3,4)16(5,6)22-17;1-9(18)17-12-7-6-10(8-11(12)16)15-19-13(2,3)14(4,5)20-15;1-5(12)11-8-3-2-6(9)4-7(8)10;1-13(2)8-6-5(11-4-12-8)3-10-7(6)9/h5-7,9-10H,8H2,1-4H3;7-10H,1-6H3,(H,19,20);6-8H,1-5H3,(H,17,18);2-4H,1H3,(H,11,12);4H,3H2,1-2H3. The molecule has 2 aromatic heterocycles. The van der Waals surface area contributed by atoms with Crippen LogP contribution < -0.4 is 41.4 Å². The lowest BCUT2D eigenvalue weighted by Crippen LogP contribution is -2.41. The van der Waals surface area contributed by atoms with Crippen molar-refractivity contribution in [1.29, 1.82) is 0 Å². The smallest absolute Gasteiger partial charge is 0.488 e. The van der Waals surface area contributed by atoms with Crippen LogP contribution in [0.1, 0.15) is 125 Å². The largest absolute Gasteiger partial charge is 0.494 e. The average Bonchev–Trinajstić information content (AvgIpc) is 1.64. The highest BCUT2D eigenvalue weighted by Crippen LogP contribution is 2.38. The molecule has 0 radical (unpaired) electrons. The van der Waals surface area contributed by atoms with Gasteiger partial charge in [-0.05, 0) is 163 Å². The second kappa shape index (κ2) is 30.0. The van der Waals surface area contributed by atoms with Crippen LogP contribution >= 0.6 is 38.5 Å². The fourth-order valence-corrected chi connectivity index (χ4v) is 9.70. The van der Waals surface area contributed by atoms with Crippen LogP contribution in [0.5, 0.6) is 5.75 Å². The molecule has 0 spiro atoms. The summed E-state index contributed by atoms with van der Waals surface area (Å²) in [5.41, 5.74) is 5.10. The Morgan fingerprint density at radius 3 is 1.41 bits per heavy atom. The van der Waals surface area contributed by atoms with E-state index in [1.54, 1.807) is 44.4 Å². The number of ether oxygens (including phenoxy) is 1. The molecule has 6 aromatic rings. The molecule has 6 heterocycles. The summed E-state index contributed by atoms with van der Waals surface area (Å²) in [7, 11) is 6.56. The third-order valence-corrected chi connectivity index (χ3v) is 16.2. The zero-order valence-electron chi connectivity index (χ0n) is 53.9. The Hall–Kier alpha value is -6.91. The molecule has 480 valence electrons. The molecule has 27 heteroatoms. The second-order valence-electron chi connectivity index (χ2n) is 24.2. The van der Waals surface area contributed by atoms with E-state index in [2.05, 4.69) is 84.4 Å². The summed E-state index contributed by atoms with van der Waals surface area (Å²) in [6.45, 7) is 26.6. The first-order valence-corrected chi connectivity index (χ1v) is 30.6. The Labute approximate surface area is 546 Å². The Morgan fingerprint density at radius 1 is 0.578 bits per heavy atom. The lowest BCUT2D eigenvalue weighted by atomic mass is 9.79. The molecule has 4 aromatic carbocycles. The van der Waals surface area contributed by atoms with Crippen molar-refractivity contribution in [2.75, 3.05) is 53.9 Å². The number of aromatic nitrogens is 4. The van der Waals surface area contributed by atoms with E-state index in [1.165, 1.54) is 62.6 Å². The minimum atomic E-state index is -0.616. The quantitative estimate of drug-likeness (QED) is 0.0625. The number of nitrogens with zero attached hydrogens (tertiary/aromatic N) is 8. The van der Waals surface area contributed by atoms with E-state index in [1.807, 2.05) is 113 Å². The van der Waals surface area contributed by atoms with E-state index < -0.39 is 59.9 Å². The van der Waals surface area contributed by atoms with Crippen LogP contribution in [0.3, 0.4) is 0 Å². The fourth-order valence-electron chi connectivity index (χ4n) is 8.65. The maximum Gasteiger partial charge on any atom is 0.494 e. The van der Waals surface area contributed by atoms with Gasteiger partial charge in [-0.3, -0.25) is 24.4 Å². The lowest BCUT2D eigenvalue weighted by Gasteiger charge is -2.32. The normalized spacial score (nSPS) is 15.8. The van der Waals surface area contributed by atoms with Crippen LogP contribution in [0, 0.1) is 29.2 Å². The number of anilines is 5. The predicted octanol–water partition coefficient (Wildman–Crippen LogP) is 11.4. The highest BCUT2D eigenvalue weighted by Gasteiger charge is 2.53. The molecule has 4 aliphatic rings. The van der Waals surface area contributed by atoms with Gasteiger partial charge in [0.25, 0.3) is 0 Å². The number of amides is 3. The molecule has 10 rings (SSSR count). The fraction of sp³-hybridized carbons (Fsp3) is 0.413. The van der Waals surface area contributed by atoms with Gasteiger partial charge in [-0.25, -0.2) is 37.5 Å². The van der Waals surface area contributed by atoms with Gasteiger partial charge in [0.1, 0.15) is 45.5 Å². The van der Waals surface area contributed by atoms with Gasteiger partial charge in [-0.1, -0.05) is 41.9 Å². The maximum absolute atomic E-state index is 14.3. The van der Waals surface area contributed by atoms with E-state index >= 15 is 0 Å². The topological polar surface area (TPSA) is 216 Å². The van der Waals surface area contributed by atoms with Crippen LogP contribution in [0.15, 0.2) is 99.9 Å². The molecule has 0 unspecified atom stereocenters. The van der Waals surface area contributed by atoms with Crippen molar-refractivity contribution in [3.8, 4) is 5.75 Å². The van der Waals surface area contributed by atoms with E-state index in [9.17, 15) is 31.9 Å². The highest BCUT2D eigenvalue weighted by molar-refractivity contribution is 14.1. The molecule has 2 saturated heterocycles. The monoisotopic (exact) mass is 1420 g/mol. The van der Waals surface area contributed by atoms with Gasteiger partial charge in [0.05, 0.1) is 86.9 Å². The van der Waals surface area contributed by atoms with E-state index in [0.717, 1.165) is 43.6 Å². The Balaban J connectivity index is 0.000000183. The Kier molecular flexibility index (Phi) is 24.1. The maximum atomic E-state index is 14.3. The van der Waals surface area contributed by atoms with Crippen molar-refractivity contribution in [3.05, 3.63) is 141 Å². The summed E-state index contributed by atoms with van der Waals surface area (Å²) in [4.78, 5) is 62.9. The summed E-state index contributed by atoms with van der Waals surface area (Å²) in [5, 5.41) is 7.36. The number of rotatable bonds is 11. The average molecular weight is 1420 g/mol. The number of benzene rings is 4. The first kappa shape index (κ1) is 72.2. The second-order valence-corrected chi connectivity index (χ2v) is 26.1. The van der Waals surface area contributed by atoms with Crippen LogP contribution in [0.25, 0.3) is 0 Å². The van der Waals surface area contributed by atoms with Gasteiger partial charge in [0.15, 0.2) is 11.6 Å². The van der Waals surface area contributed by atoms with Gasteiger partial charge in [-0.15, -0.1) is 0 Å². The van der Waals surface area contributed by atoms with Gasteiger partial charge in [0, 0.05) is 58.0 Å². The number of hydrogen-bond acceptors (Lipinski definition) is 16. The minimum Gasteiger partial charge on any atom is -0.488 e. The molecular weight excluding hydrogens is 1340 g/mol. The first-order chi connectivity index (χ1) is 41.9. The summed E-state index contributed by atoms with van der Waals surface area (Å²) in [6.07, 6.45) is 3.06. The number of fused-ring (bicyclic) bond motifs is 2. The number of aliphatic imine (C=N–C) groups is 2. The summed E-state index contributed by atoms with van der Waals surface area (Å²) >= 11 is 5.34. The summed E-state index contributed by atoms with van der Waals surface area (Å²) < 4.78 is 85.9. The molecule has 0 aliphatic carbocycles. The highest BCUT2D eigenvalue weighted by atomic mass is 127. The van der Waals surface area contributed by atoms with Gasteiger partial charge in [0.2, 0.25) is 17.7 Å². The Bertz CT molecular complexity index is 3640. The minimum absolute atomic E-state index is 0.0753. The van der Waals surface area contributed by atoms with Crippen molar-refractivity contribution >= 4 is 120 Å². The number of carbonyl (C=O) groups is 3. The van der Waals surface area contributed by atoms with E-state index in [4.69, 9.17) is 23.4 Å². The molecule has 0 saturated carbocycles. The number of nitrogens with one attached hydrogen (secondary N) is 3. The first-order valence-electron chi connectivity index (χ1n) is 28.8. The summed E-state index contributed by atoms with van der Waals surface area (Å²) in [6, 6.07) is 18.5. The van der Waals surface area contributed by atoms with Crippen LogP contribution in [0.2, 0.25) is 0 Å². The number of carbonyl (C=O) groups excluding carboxylic acids is 3. The molecule has 90 heavy (non-hydrogen) atoms. The molecule has 0 bridgehead atoms. The molecular formula is C63H77B2BrF4IN11O8. The predicted molar refractivity (Wildman–Crippen MR) is 359 cm³/mol. The van der Waals surface area contributed by atoms with Crippen molar-refractivity contribution < 1.29 is 55.3 Å². The third kappa shape index (κ3) is 18.2. The Morgan fingerprint density at radius 2 is 1.00 bits per heavy atom. The molecule has 19 nitrogen and oxygen atoms in total. The SMILES string of the molecule is CC(=O)Nc1ccc(B2OC(C)(C)C(C)(C)O2)cc1F.CC(=O)Nc1ccc(Br)cc1F.CC(C)C(=O)Nc1ccc(B2OC(C)(C)C(C)(C)O2)cc1F.CC(C)Oc1ccc(C2=NCc3ncnc(N(C)C)c32)cc1F.CN(C)c1ncnc2c1C(I)=NC2. The number of halogens is 6. The van der Waals surface area contributed by atoms with Gasteiger partial charge in [-0.2, -0.15) is 0 Å². The molecule has 3 amide bonds. The van der Waals surface area contributed by atoms with Crippen molar-refractivity contribution in [2.24, 2.45) is 15.9 Å².